The van der Waals surface area contributed by atoms with Crippen LogP contribution in [0, 0.1) is 0 Å². The van der Waals surface area contributed by atoms with Crippen molar-refractivity contribution >= 4 is 29.3 Å². The summed E-state index contributed by atoms with van der Waals surface area (Å²) in [5, 5.41) is 5.14. The highest BCUT2D eigenvalue weighted by atomic mass is 35.5. The van der Waals surface area contributed by atoms with Crippen molar-refractivity contribution in [2.75, 3.05) is 26.9 Å². The van der Waals surface area contributed by atoms with Crippen LogP contribution in [-0.2, 0) is 9.53 Å². The minimum atomic E-state index is -0.621. The quantitative estimate of drug-likeness (QED) is 0.533. The minimum Gasteiger partial charge on any atom is -0.484 e. The summed E-state index contributed by atoms with van der Waals surface area (Å²) < 4.78 is 10.1. The zero-order valence-corrected chi connectivity index (χ0v) is 15.4. The molecule has 27 heavy (non-hydrogen) atoms. The molecule has 2 aromatic rings. The van der Waals surface area contributed by atoms with E-state index in [1.165, 1.54) is 7.11 Å². The fraction of sp³-hybridized carbons (Fsp3) is 0.211. The standard InChI is InChI=1S/C19H19ClN2O5/c1-26-11-10-21-19(25)22-17(23)12-27-16-8-4-14(5-9-16)18(24)13-2-6-15(20)7-3-13/h2-9H,10-12H2,1H3,(H2,21,22,23,25). The molecule has 8 heteroatoms. The summed E-state index contributed by atoms with van der Waals surface area (Å²) in [7, 11) is 1.51. The third kappa shape index (κ3) is 6.73. The summed E-state index contributed by atoms with van der Waals surface area (Å²) in [6, 6.07) is 12.3. The maximum Gasteiger partial charge on any atom is 0.321 e. The van der Waals surface area contributed by atoms with Crippen molar-refractivity contribution in [3.05, 3.63) is 64.7 Å². The molecule has 0 radical (unpaired) electrons. The van der Waals surface area contributed by atoms with Crippen LogP contribution in [0.25, 0.3) is 0 Å². The minimum absolute atomic E-state index is 0.149. The van der Waals surface area contributed by atoms with E-state index in [1.807, 2.05) is 0 Å². The number of ether oxygens (including phenoxy) is 2. The van der Waals surface area contributed by atoms with Gasteiger partial charge in [-0.25, -0.2) is 4.79 Å². The van der Waals surface area contributed by atoms with Crippen LogP contribution in [0.1, 0.15) is 15.9 Å². The lowest BCUT2D eigenvalue weighted by Crippen LogP contribution is -2.42. The number of halogens is 1. The molecule has 0 atom stereocenters. The van der Waals surface area contributed by atoms with E-state index in [0.717, 1.165) is 0 Å². The number of hydrogen-bond acceptors (Lipinski definition) is 5. The topological polar surface area (TPSA) is 93.7 Å². The number of methoxy groups -OCH3 is 1. The van der Waals surface area contributed by atoms with Gasteiger partial charge in [-0.1, -0.05) is 11.6 Å². The molecule has 2 N–H and O–H groups in total. The van der Waals surface area contributed by atoms with E-state index in [2.05, 4.69) is 10.6 Å². The molecule has 0 bridgehead atoms. The maximum absolute atomic E-state index is 12.4. The number of benzene rings is 2. The number of rotatable bonds is 8. The number of carbonyl (C=O) groups is 3. The highest BCUT2D eigenvalue weighted by molar-refractivity contribution is 6.30. The SMILES string of the molecule is COCCNC(=O)NC(=O)COc1ccc(C(=O)c2ccc(Cl)cc2)cc1. The Balaban J connectivity index is 1.83. The molecule has 2 aromatic carbocycles. The Morgan fingerprint density at radius 2 is 1.56 bits per heavy atom. The monoisotopic (exact) mass is 390 g/mol. The molecule has 0 heterocycles. The first kappa shape index (κ1) is 20.4. The first-order valence-electron chi connectivity index (χ1n) is 8.09. The van der Waals surface area contributed by atoms with Gasteiger partial charge in [-0.2, -0.15) is 0 Å². The van der Waals surface area contributed by atoms with Crippen molar-refractivity contribution in [3.63, 3.8) is 0 Å². The Labute approximate surface area is 161 Å². The van der Waals surface area contributed by atoms with Gasteiger partial charge in [0.05, 0.1) is 6.61 Å². The second-order valence-corrected chi connectivity index (χ2v) is 5.88. The normalized spacial score (nSPS) is 10.1. The summed E-state index contributed by atoms with van der Waals surface area (Å²) in [5.74, 6) is -0.340. The van der Waals surface area contributed by atoms with Gasteiger partial charge in [-0.3, -0.25) is 14.9 Å². The second kappa shape index (κ2) is 10.3. The third-order valence-electron chi connectivity index (χ3n) is 3.44. The lowest BCUT2D eigenvalue weighted by atomic mass is 10.0. The summed E-state index contributed by atoms with van der Waals surface area (Å²) >= 11 is 5.82. The van der Waals surface area contributed by atoms with Gasteiger partial charge in [0, 0.05) is 29.8 Å². The third-order valence-corrected chi connectivity index (χ3v) is 3.69. The van der Waals surface area contributed by atoms with E-state index in [1.54, 1.807) is 48.5 Å². The summed E-state index contributed by atoms with van der Waals surface area (Å²) in [5.41, 5.74) is 0.999. The van der Waals surface area contributed by atoms with E-state index in [-0.39, 0.29) is 12.4 Å². The molecule has 0 aromatic heterocycles. The predicted molar refractivity (Wildman–Crippen MR) is 100 cm³/mol. The number of urea groups is 1. The van der Waals surface area contributed by atoms with Crippen LogP contribution in [0.2, 0.25) is 5.02 Å². The van der Waals surface area contributed by atoms with E-state index >= 15 is 0 Å². The van der Waals surface area contributed by atoms with Gasteiger partial charge in [-0.15, -0.1) is 0 Å². The lowest BCUT2D eigenvalue weighted by Gasteiger charge is -2.08. The fourth-order valence-corrected chi connectivity index (χ4v) is 2.22. The Morgan fingerprint density at radius 3 is 2.15 bits per heavy atom. The van der Waals surface area contributed by atoms with E-state index in [0.29, 0.717) is 35.1 Å². The molecule has 0 aliphatic heterocycles. The molecule has 0 unspecified atom stereocenters. The van der Waals surface area contributed by atoms with Gasteiger partial charge in [0.1, 0.15) is 5.75 Å². The molecule has 0 aliphatic rings. The largest absolute Gasteiger partial charge is 0.484 e. The van der Waals surface area contributed by atoms with Crippen LogP contribution in [0.5, 0.6) is 5.75 Å². The molecule has 142 valence electrons. The Hall–Kier alpha value is -2.90. The molecule has 0 spiro atoms. The zero-order valence-electron chi connectivity index (χ0n) is 14.7. The molecular formula is C19H19ClN2O5. The number of nitrogens with one attached hydrogen (secondary N) is 2. The number of carbonyl (C=O) groups excluding carboxylic acids is 3. The van der Waals surface area contributed by atoms with Crippen molar-refractivity contribution in [1.82, 2.24) is 10.6 Å². The molecule has 0 aliphatic carbocycles. The average molecular weight is 391 g/mol. The second-order valence-electron chi connectivity index (χ2n) is 5.45. The first-order chi connectivity index (χ1) is 13.0. The van der Waals surface area contributed by atoms with Crippen LogP contribution < -0.4 is 15.4 Å². The highest BCUT2D eigenvalue weighted by Crippen LogP contribution is 2.17. The van der Waals surface area contributed by atoms with Gasteiger partial charge in [0.2, 0.25) is 0 Å². The van der Waals surface area contributed by atoms with Crippen molar-refractivity contribution in [2.24, 2.45) is 0 Å². The van der Waals surface area contributed by atoms with Crippen LogP contribution in [0.4, 0.5) is 4.79 Å². The Kier molecular flexibility index (Phi) is 7.79. The van der Waals surface area contributed by atoms with Crippen LogP contribution in [0.15, 0.2) is 48.5 Å². The number of amides is 3. The predicted octanol–water partition coefficient (Wildman–Crippen LogP) is 2.42. The number of hydrogen-bond donors (Lipinski definition) is 2. The molecule has 0 fully saturated rings. The zero-order chi connectivity index (χ0) is 19.6. The van der Waals surface area contributed by atoms with Crippen LogP contribution >= 0.6 is 11.6 Å². The first-order valence-corrected chi connectivity index (χ1v) is 8.47. The fourth-order valence-electron chi connectivity index (χ4n) is 2.09. The Bertz CT molecular complexity index is 791. The van der Waals surface area contributed by atoms with E-state index in [4.69, 9.17) is 21.1 Å². The van der Waals surface area contributed by atoms with E-state index < -0.39 is 11.9 Å². The van der Waals surface area contributed by atoms with Gasteiger partial charge in [-0.05, 0) is 48.5 Å². The van der Waals surface area contributed by atoms with Crippen molar-refractivity contribution in [1.29, 1.82) is 0 Å². The van der Waals surface area contributed by atoms with E-state index in [9.17, 15) is 14.4 Å². The van der Waals surface area contributed by atoms with Crippen molar-refractivity contribution < 1.29 is 23.9 Å². The van der Waals surface area contributed by atoms with Gasteiger partial charge in [0.25, 0.3) is 5.91 Å². The number of imide groups is 1. The van der Waals surface area contributed by atoms with Gasteiger partial charge < -0.3 is 14.8 Å². The molecule has 2 rings (SSSR count). The van der Waals surface area contributed by atoms with Crippen molar-refractivity contribution in [3.8, 4) is 5.75 Å². The Morgan fingerprint density at radius 1 is 0.963 bits per heavy atom. The molecular weight excluding hydrogens is 372 g/mol. The van der Waals surface area contributed by atoms with Gasteiger partial charge >= 0.3 is 6.03 Å². The number of ketones is 1. The van der Waals surface area contributed by atoms with Crippen molar-refractivity contribution in [2.45, 2.75) is 0 Å². The highest BCUT2D eigenvalue weighted by Gasteiger charge is 2.10. The van der Waals surface area contributed by atoms with Crippen LogP contribution in [0.3, 0.4) is 0 Å². The molecule has 0 saturated carbocycles. The summed E-state index contributed by atoms with van der Waals surface area (Å²) in [6.45, 7) is 0.307. The summed E-state index contributed by atoms with van der Waals surface area (Å²) in [6.07, 6.45) is 0. The molecule has 3 amide bonds. The maximum atomic E-state index is 12.4. The smallest absolute Gasteiger partial charge is 0.321 e. The lowest BCUT2D eigenvalue weighted by molar-refractivity contribution is -0.122. The van der Waals surface area contributed by atoms with Crippen LogP contribution in [-0.4, -0.2) is 44.6 Å². The molecule has 0 saturated heterocycles. The average Bonchev–Trinajstić information content (AvgIpc) is 2.67. The van der Waals surface area contributed by atoms with Gasteiger partial charge in [0.15, 0.2) is 12.4 Å². The molecule has 7 nitrogen and oxygen atoms in total. The summed E-state index contributed by atoms with van der Waals surface area (Å²) in [4.78, 5) is 35.4.